The van der Waals surface area contributed by atoms with Gasteiger partial charge in [-0.15, -0.1) is 0 Å². The summed E-state index contributed by atoms with van der Waals surface area (Å²) >= 11 is 0. The molecule has 4 heteroatoms. The first-order valence-corrected chi connectivity index (χ1v) is 6.98. The average molecular weight is 279 g/mol. The highest BCUT2D eigenvalue weighted by molar-refractivity contribution is 5.79. The zero-order valence-corrected chi connectivity index (χ0v) is 12.1. The SMILES string of the molecule is C/C=C\C/C(=C\C)c1nc2ncc(-c3ccco3)cc2[nH]1. The third kappa shape index (κ3) is 2.65. The Hall–Kier alpha value is -2.62. The molecule has 0 aliphatic rings. The molecule has 0 fully saturated rings. The average Bonchev–Trinajstić information content (AvgIpc) is 3.16. The monoisotopic (exact) mass is 279 g/mol. The van der Waals surface area contributed by atoms with Gasteiger partial charge in [-0.1, -0.05) is 18.2 Å². The third-order valence-electron chi connectivity index (χ3n) is 3.37. The predicted molar refractivity (Wildman–Crippen MR) is 84.7 cm³/mol. The lowest BCUT2D eigenvalue weighted by Gasteiger charge is -1.98. The molecular formula is C17H17N3O. The first kappa shape index (κ1) is 13.4. The Labute approximate surface area is 123 Å². The van der Waals surface area contributed by atoms with Crippen molar-refractivity contribution in [3.8, 4) is 11.3 Å². The van der Waals surface area contributed by atoms with Gasteiger partial charge in [-0.05, 0) is 44.0 Å². The normalized spacial score (nSPS) is 12.6. The number of nitrogens with one attached hydrogen (secondary N) is 1. The highest BCUT2D eigenvalue weighted by Crippen LogP contribution is 2.24. The Morgan fingerprint density at radius 3 is 3.00 bits per heavy atom. The van der Waals surface area contributed by atoms with Gasteiger partial charge in [-0.3, -0.25) is 0 Å². The molecule has 0 bridgehead atoms. The topological polar surface area (TPSA) is 54.7 Å². The summed E-state index contributed by atoms with van der Waals surface area (Å²) in [5, 5.41) is 0. The molecule has 0 saturated carbocycles. The van der Waals surface area contributed by atoms with Crippen molar-refractivity contribution >= 4 is 16.7 Å². The van der Waals surface area contributed by atoms with Crippen molar-refractivity contribution in [1.29, 1.82) is 0 Å². The number of hydrogen-bond acceptors (Lipinski definition) is 3. The van der Waals surface area contributed by atoms with Crippen LogP contribution in [0.4, 0.5) is 0 Å². The van der Waals surface area contributed by atoms with Crippen LogP contribution in [0.25, 0.3) is 28.1 Å². The highest BCUT2D eigenvalue weighted by Gasteiger charge is 2.09. The van der Waals surface area contributed by atoms with E-state index in [2.05, 4.69) is 27.1 Å². The van der Waals surface area contributed by atoms with E-state index in [1.54, 1.807) is 12.5 Å². The van der Waals surface area contributed by atoms with E-state index in [0.29, 0.717) is 0 Å². The van der Waals surface area contributed by atoms with Gasteiger partial charge in [0.25, 0.3) is 0 Å². The number of imidazole rings is 1. The summed E-state index contributed by atoms with van der Waals surface area (Å²) in [6, 6.07) is 5.80. The molecule has 106 valence electrons. The van der Waals surface area contributed by atoms with E-state index in [0.717, 1.165) is 40.3 Å². The molecular weight excluding hydrogens is 262 g/mol. The van der Waals surface area contributed by atoms with Gasteiger partial charge in [0, 0.05) is 11.8 Å². The quantitative estimate of drug-likeness (QED) is 0.711. The predicted octanol–water partition coefficient (Wildman–Crippen LogP) is 4.59. The molecule has 4 nitrogen and oxygen atoms in total. The summed E-state index contributed by atoms with van der Waals surface area (Å²) in [6.07, 6.45) is 10.5. The first-order valence-electron chi connectivity index (χ1n) is 6.98. The van der Waals surface area contributed by atoms with Crippen molar-refractivity contribution in [1.82, 2.24) is 15.0 Å². The van der Waals surface area contributed by atoms with Crippen LogP contribution in [-0.4, -0.2) is 15.0 Å². The maximum atomic E-state index is 5.40. The Morgan fingerprint density at radius 1 is 1.38 bits per heavy atom. The number of nitrogens with zero attached hydrogens (tertiary/aromatic N) is 2. The second-order valence-corrected chi connectivity index (χ2v) is 4.74. The van der Waals surface area contributed by atoms with Crippen LogP contribution in [0.1, 0.15) is 26.1 Å². The van der Waals surface area contributed by atoms with Crippen molar-refractivity contribution in [2.75, 3.05) is 0 Å². The van der Waals surface area contributed by atoms with Crippen LogP contribution in [0.15, 0.2) is 53.3 Å². The Bertz CT molecular complexity index is 795. The summed E-state index contributed by atoms with van der Waals surface area (Å²) < 4.78 is 5.40. The number of furan rings is 1. The summed E-state index contributed by atoms with van der Waals surface area (Å²) in [7, 11) is 0. The number of fused-ring (bicyclic) bond motifs is 1. The largest absolute Gasteiger partial charge is 0.464 e. The van der Waals surface area contributed by atoms with Gasteiger partial charge < -0.3 is 9.40 Å². The van der Waals surface area contributed by atoms with Crippen LogP contribution in [-0.2, 0) is 0 Å². The lowest BCUT2D eigenvalue weighted by Crippen LogP contribution is -1.85. The zero-order chi connectivity index (χ0) is 14.7. The van der Waals surface area contributed by atoms with Crippen LogP contribution < -0.4 is 0 Å². The van der Waals surface area contributed by atoms with Gasteiger partial charge in [0.2, 0.25) is 0 Å². The maximum absolute atomic E-state index is 5.40. The van der Waals surface area contributed by atoms with Crippen molar-refractivity contribution in [3.63, 3.8) is 0 Å². The minimum Gasteiger partial charge on any atom is -0.464 e. The number of allylic oxidation sites excluding steroid dienone is 4. The first-order chi connectivity index (χ1) is 10.3. The Kier molecular flexibility index (Phi) is 3.69. The van der Waals surface area contributed by atoms with Gasteiger partial charge >= 0.3 is 0 Å². The summed E-state index contributed by atoms with van der Waals surface area (Å²) in [4.78, 5) is 12.3. The number of H-pyrrole nitrogens is 1. The standard InChI is InChI=1S/C17H17N3O/c1-3-5-7-12(4-2)16-19-14-10-13(11-18-17(14)20-16)15-8-6-9-21-15/h3-6,8-11H,7H2,1-2H3,(H,18,19,20)/b5-3-,12-4+. The van der Waals surface area contributed by atoms with E-state index in [9.17, 15) is 0 Å². The molecule has 3 aromatic rings. The number of hydrogen-bond donors (Lipinski definition) is 1. The molecule has 3 rings (SSSR count). The fraction of sp³-hybridized carbons (Fsp3) is 0.176. The Balaban J connectivity index is 2.00. The van der Waals surface area contributed by atoms with Gasteiger partial charge in [0.05, 0.1) is 11.8 Å². The molecule has 21 heavy (non-hydrogen) atoms. The van der Waals surface area contributed by atoms with E-state index < -0.39 is 0 Å². The van der Waals surface area contributed by atoms with E-state index >= 15 is 0 Å². The Morgan fingerprint density at radius 2 is 2.29 bits per heavy atom. The lowest BCUT2D eigenvalue weighted by atomic mass is 10.1. The van der Waals surface area contributed by atoms with Crippen molar-refractivity contribution in [2.24, 2.45) is 0 Å². The molecule has 0 aliphatic heterocycles. The zero-order valence-electron chi connectivity index (χ0n) is 12.1. The van der Waals surface area contributed by atoms with E-state index in [4.69, 9.17) is 4.42 Å². The molecule has 3 heterocycles. The summed E-state index contributed by atoms with van der Waals surface area (Å²) in [5.74, 6) is 1.68. The number of aromatic amines is 1. The van der Waals surface area contributed by atoms with E-state index in [1.807, 2.05) is 38.1 Å². The molecule has 0 amide bonds. The fourth-order valence-electron chi connectivity index (χ4n) is 2.23. The van der Waals surface area contributed by atoms with Crippen molar-refractivity contribution in [3.05, 3.63) is 54.7 Å². The molecule has 0 unspecified atom stereocenters. The second-order valence-electron chi connectivity index (χ2n) is 4.74. The van der Waals surface area contributed by atoms with Crippen molar-refractivity contribution in [2.45, 2.75) is 20.3 Å². The van der Waals surface area contributed by atoms with Crippen LogP contribution in [0.2, 0.25) is 0 Å². The van der Waals surface area contributed by atoms with Crippen LogP contribution in [0.5, 0.6) is 0 Å². The van der Waals surface area contributed by atoms with E-state index in [-0.39, 0.29) is 0 Å². The van der Waals surface area contributed by atoms with Gasteiger partial charge in [-0.25, -0.2) is 9.97 Å². The molecule has 0 atom stereocenters. The smallest absolute Gasteiger partial charge is 0.178 e. The molecule has 0 aromatic carbocycles. The van der Waals surface area contributed by atoms with Gasteiger partial charge in [0.1, 0.15) is 11.6 Å². The minimum atomic E-state index is 0.722. The third-order valence-corrected chi connectivity index (χ3v) is 3.37. The number of rotatable bonds is 4. The molecule has 0 radical (unpaired) electrons. The maximum Gasteiger partial charge on any atom is 0.178 e. The van der Waals surface area contributed by atoms with E-state index in [1.165, 1.54) is 0 Å². The minimum absolute atomic E-state index is 0.722. The molecule has 1 N–H and O–H groups in total. The molecule has 0 saturated heterocycles. The van der Waals surface area contributed by atoms with Gasteiger partial charge in [-0.2, -0.15) is 0 Å². The molecule has 0 spiro atoms. The molecule has 0 aliphatic carbocycles. The van der Waals surface area contributed by atoms with Crippen LogP contribution in [0.3, 0.4) is 0 Å². The lowest BCUT2D eigenvalue weighted by molar-refractivity contribution is 0.582. The molecule has 3 aromatic heterocycles. The van der Waals surface area contributed by atoms with Crippen LogP contribution >= 0.6 is 0 Å². The van der Waals surface area contributed by atoms with Crippen molar-refractivity contribution < 1.29 is 4.42 Å². The van der Waals surface area contributed by atoms with Crippen LogP contribution in [0, 0.1) is 0 Å². The fourth-order valence-corrected chi connectivity index (χ4v) is 2.23. The highest BCUT2D eigenvalue weighted by atomic mass is 16.3. The van der Waals surface area contributed by atoms with Gasteiger partial charge in [0.15, 0.2) is 5.65 Å². The summed E-state index contributed by atoms with van der Waals surface area (Å²) in [5.41, 5.74) is 3.74. The number of aromatic nitrogens is 3. The second kappa shape index (κ2) is 5.79. The summed E-state index contributed by atoms with van der Waals surface area (Å²) in [6.45, 7) is 4.04. The number of pyridine rings is 1.